The third-order valence-electron chi connectivity index (χ3n) is 3.34. The van der Waals surface area contributed by atoms with Crippen LogP contribution < -0.4 is 4.74 Å². The van der Waals surface area contributed by atoms with Crippen LogP contribution in [0.5, 0.6) is 5.75 Å². The first-order chi connectivity index (χ1) is 9.54. The minimum atomic E-state index is -0.899. The topological polar surface area (TPSA) is 72.3 Å². The summed E-state index contributed by atoms with van der Waals surface area (Å²) in [5.41, 5.74) is 4.21. The molecule has 0 saturated carbocycles. The Morgan fingerprint density at radius 2 is 2.05 bits per heavy atom. The first-order valence-electron chi connectivity index (χ1n) is 6.19. The van der Waals surface area contributed by atoms with E-state index in [-0.39, 0.29) is 6.42 Å². The summed E-state index contributed by atoms with van der Waals surface area (Å²) in [6.07, 6.45) is 2.88. The molecule has 0 aliphatic carbocycles. The highest BCUT2D eigenvalue weighted by atomic mass is 16.5. The number of hydrogen-bond donors (Lipinski definition) is 1. The Kier molecular flexibility index (Phi) is 3.98. The molecule has 5 heteroatoms. The number of carbonyl (C=O) groups is 1. The largest absolute Gasteiger partial charge is 0.496 e. The lowest BCUT2D eigenvalue weighted by atomic mass is 9.96. The molecule has 1 aromatic heterocycles. The first-order valence-corrected chi connectivity index (χ1v) is 6.19. The quantitative estimate of drug-likeness (QED) is 0.925. The molecule has 0 unspecified atom stereocenters. The first kappa shape index (κ1) is 14.0. The molecule has 0 radical (unpaired) electrons. The zero-order valence-corrected chi connectivity index (χ0v) is 11.7. The zero-order valence-electron chi connectivity index (χ0n) is 11.7. The summed E-state index contributed by atoms with van der Waals surface area (Å²) in [5.74, 6) is -0.0935. The highest BCUT2D eigenvalue weighted by Crippen LogP contribution is 2.31. The molecule has 0 amide bonds. The number of aromatic nitrogens is 2. The van der Waals surface area contributed by atoms with Gasteiger partial charge in [0.2, 0.25) is 0 Å². The second-order valence-corrected chi connectivity index (χ2v) is 4.53. The average molecular weight is 272 g/mol. The summed E-state index contributed by atoms with van der Waals surface area (Å²) in [4.78, 5) is 19.1. The molecule has 2 aromatic rings. The van der Waals surface area contributed by atoms with Gasteiger partial charge in [-0.25, -0.2) is 9.97 Å². The highest BCUT2D eigenvalue weighted by Gasteiger charge is 2.14. The van der Waals surface area contributed by atoms with Gasteiger partial charge >= 0.3 is 5.97 Å². The number of aliphatic carboxylic acids is 1. The van der Waals surface area contributed by atoms with Crippen molar-refractivity contribution in [2.24, 2.45) is 0 Å². The van der Waals surface area contributed by atoms with Gasteiger partial charge < -0.3 is 9.84 Å². The predicted molar refractivity (Wildman–Crippen MR) is 74.8 cm³/mol. The van der Waals surface area contributed by atoms with E-state index in [1.165, 1.54) is 6.33 Å². The molecule has 5 nitrogen and oxygen atoms in total. The molecular formula is C15H16N2O3. The van der Waals surface area contributed by atoms with Crippen molar-refractivity contribution in [2.45, 2.75) is 20.3 Å². The fraction of sp³-hybridized carbons (Fsp3) is 0.267. The van der Waals surface area contributed by atoms with Crippen LogP contribution >= 0.6 is 0 Å². The van der Waals surface area contributed by atoms with Crippen LogP contribution in [0.4, 0.5) is 0 Å². The number of benzene rings is 1. The Labute approximate surface area is 117 Å². The van der Waals surface area contributed by atoms with Crippen LogP contribution in [0.3, 0.4) is 0 Å². The van der Waals surface area contributed by atoms with Crippen molar-refractivity contribution in [3.8, 4) is 17.0 Å². The Balaban J connectivity index is 2.57. The molecule has 0 fully saturated rings. The Morgan fingerprint density at radius 3 is 2.70 bits per heavy atom. The van der Waals surface area contributed by atoms with Gasteiger partial charge in [-0.1, -0.05) is 0 Å². The standard InChI is InChI=1S/C15H16N2O3/c1-9-10(2)13(20-3)5-4-12(9)15-11(6-14(18)19)7-16-8-17-15/h4-5,7-8H,6H2,1-3H3,(H,18,19). The van der Waals surface area contributed by atoms with Gasteiger partial charge in [0.15, 0.2) is 0 Å². The number of ether oxygens (including phenoxy) is 1. The fourth-order valence-corrected chi connectivity index (χ4v) is 2.17. The average Bonchev–Trinajstić information content (AvgIpc) is 2.42. The molecule has 104 valence electrons. The molecule has 2 rings (SSSR count). The highest BCUT2D eigenvalue weighted by molar-refractivity contribution is 5.76. The van der Waals surface area contributed by atoms with Crippen LogP contribution in [0.2, 0.25) is 0 Å². The number of nitrogens with zero attached hydrogens (tertiary/aromatic N) is 2. The van der Waals surface area contributed by atoms with Crippen molar-refractivity contribution < 1.29 is 14.6 Å². The van der Waals surface area contributed by atoms with Crippen molar-refractivity contribution in [2.75, 3.05) is 7.11 Å². The van der Waals surface area contributed by atoms with Gasteiger partial charge in [-0.05, 0) is 37.1 Å². The van der Waals surface area contributed by atoms with E-state index < -0.39 is 5.97 Å². The lowest BCUT2D eigenvalue weighted by molar-refractivity contribution is -0.136. The maximum absolute atomic E-state index is 10.9. The van der Waals surface area contributed by atoms with Gasteiger partial charge in [0, 0.05) is 17.3 Å². The molecule has 1 N–H and O–H groups in total. The lowest BCUT2D eigenvalue weighted by Gasteiger charge is -2.14. The Hall–Kier alpha value is -2.43. The molecule has 0 saturated heterocycles. The maximum Gasteiger partial charge on any atom is 0.307 e. The second kappa shape index (κ2) is 5.69. The van der Waals surface area contributed by atoms with Crippen molar-refractivity contribution in [1.29, 1.82) is 0 Å². The van der Waals surface area contributed by atoms with E-state index in [0.29, 0.717) is 11.3 Å². The minimum absolute atomic E-state index is 0.0965. The molecule has 0 bridgehead atoms. The summed E-state index contributed by atoms with van der Waals surface area (Å²) >= 11 is 0. The zero-order chi connectivity index (χ0) is 14.7. The molecule has 0 spiro atoms. The second-order valence-electron chi connectivity index (χ2n) is 4.53. The summed E-state index contributed by atoms with van der Waals surface area (Å²) in [6, 6.07) is 3.76. The van der Waals surface area contributed by atoms with Crippen LogP contribution in [0.25, 0.3) is 11.3 Å². The number of carboxylic acid groups (broad SMARTS) is 1. The van der Waals surface area contributed by atoms with Crippen LogP contribution in [-0.2, 0) is 11.2 Å². The van der Waals surface area contributed by atoms with Gasteiger partial charge in [0.25, 0.3) is 0 Å². The van der Waals surface area contributed by atoms with E-state index in [9.17, 15) is 4.79 Å². The van der Waals surface area contributed by atoms with Gasteiger partial charge in [-0.15, -0.1) is 0 Å². The van der Waals surface area contributed by atoms with Crippen molar-refractivity contribution in [3.05, 3.63) is 41.3 Å². The van der Waals surface area contributed by atoms with Crippen LogP contribution in [-0.4, -0.2) is 28.2 Å². The fourth-order valence-electron chi connectivity index (χ4n) is 2.17. The van der Waals surface area contributed by atoms with E-state index >= 15 is 0 Å². The summed E-state index contributed by atoms with van der Waals surface area (Å²) in [6.45, 7) is 3.94. The SMILES string of the molecule is COc1ccc(-c2ncncc2CC(=O)O)c(C)c1C. The summed E-state index contributed by atoms with van der Waals surface area (Å²) in [5, 5.41) is 8.97. The number of rotatable bonds is 4. The van der Waals surface area contributed by atoms with E-state index in [4.69, 9.17) is 9.84 Å². The molecular weight excluding hydrogens is 256 g/mol. The lowest BCUT2D eigenvalue weighted by Crippen LogP contribution is -2.05. The van der Waals surface area contributed by atoms with E-state index in [2.05, 4.69) is 9.97 Å². The smallest absolute Gasteiger partial charge is 0.307 e. The Bertz CT molecular complexity index is 654. The van der Waals surface area contributed by atoms with Gasteiger partial charge in [0.05, 0.1) is 19.2 Å². The van der Waals surface area contributed by atoms with Crippen molar-refractivity contribution in [3.63, 3.8) is 0 Å². The molecule has 0 atom stereocenters. The monoisotopic (exact) mass is 272 g/mol. The van der Waals surface area contributed by atoms with Gasteiger partial charge in [-0.3, -0.25) is 4.79 Å². The van der Waals surface area contributed by atoms with Crippen LogP contribution in [0, 0.1) is 13.8 Å². The predicted octanol–water partition coefficient (Wildman–Crippen LogP) is 2.40. The van der Waals surface area contributed by atoms with E-state index in [1.807, 2.05) is 26.0 Å². The maximum atomic E-state index is 10.9. The van der Waals surface area contributed by atoms with Crippen LogP contribution in [0.15, 0.2) is 24.7 Å². The van der Waals surface area contributed by atoms with Crippen molar-refractivity contribution in [1.82, 2.24) is 9.97 Å². The normalized spacial score (nSPS) is 10.3. The third-order valence-corrected chi connectivity index (χ3v) is 3.34. The summed E-state index contributed by atoms with van der Waals surface area (Å²) in [7, 11) is 1.63. The molecule has 1 heterocycles. The third kappa shape index (κ3) is 2.61. The molecule has 1 aromatic carbocycles. The molecule has 20 heavy (non-hydrogen) atoms. The van der Waals surface area contributed by atoms with Gasteiger partial charge in [0.1, 0.15) is 12.1 Å². The summed E-state index contributed by atoms with van der Waals surface area (Å²) < 4.78 is 5.28. The van der Waals surface area contributed by atoms with Crippen LogP contribution in [0.1, 0.15) is 16.7 Å². The van der Waals surface area contributed by atoms with E-state index in [0.717, 1.165) is 22.4 Å². The minimum Gasteiger partial charge on any atom is -0.496 e. The number of hydrogen-bond acceptors (Lipinski definition) is 4. The van der Waals surface area contributed by atoms with Gasteiger partial charge in [-0.2, -0.15) is 0 Å². The number of methoxy groups -OCH3 is 1. The number of carboxylic acids is 1. The van der Waals surface area contributed by atoms with E-state index in [1.54, 1.807) is 13.3 Å². The molecule has 0 aliphatic rings. The Morgan fingerprint density at radius 1 is 1.30 bits per heavy atom. The molecule has 0 aliphatic heterocycles. The van der Waals surface area contributed by atoms with Crippen molar-refractivity contribution >= 4 is 5.97 Å².